The Morgan fingerprint density at radius 2 is 1.93 bits per heavy atom. The van der Waals surface area contributed by atoms with E-state index in [0.717, 1.165) is 6.20 Å². The molecule has 78 valence electrons. The van der Waals surface area contributed by atoms with Crippen molar-refractivity contribution < 1.29 is 17.9 Å². The Kier molecular flexibility index (Phi) is 2.96. The lowest BCUT2D eigenvalue weighted by Gasteiger charge is -2.11. The minimum atomic E-state index is -4.84. The first-order valence-corrected chi connectivity index (χ1v) is 3.92. The number of halogens is 5. The van der Waals surface area contributed by atoms with Crippen LogP contribution in [0.5, 0.6) is 5.75 Å². The van der Waals surface area contributed by atoms with Crippen LogP contribution in [-0.4, -0.2) is 11.3 Å². The molecule has 0 bridgehead atoms. The van der Waals surface area contributed by atoms with E-state index in [2.05, 4.69) is 9.72 Å². The maximum absolute atomic E-state index is 11.8. The van der Waals surface area contributed by atoms with Gasteiger partial charge in [0.1, 0.15) is 5.02 Å². The van der Waals surface area contributed by atoms with Gasteiger partial charge in [0.05, 0.1) is 11.9 Å². The maximum atomic E-state index is 11.8. The first-order chi connectivity index (χ1) is 6.31. The molecule has 0 saturated heterocycles. The fourth-order valence-corrected chi connectivity index (χ4v) is 1.03. The molecule has 1 rings (SSSR count). The number of hydrogen-bond donors (Lipinski definition) is 1. The summed E-state index contributed by atoms with van der Waals surface area (Å²) in [5.74, 6) is -0.680. The van der Waals surface area contributed by atoms with E-state index in [4.69, 9.17) is 28.9 Å². The highest BCUT2D eigenvalue weighted by molar-refractivity contribution is 6.39. The SMILES string of the molecule is Nc1c(Cl)ncc(OC(F)(F)F)c1Cl. The van der Waals surface area contributed by atoms with Crippen LogP contribution in [0.3, 0.4) is 0 Å². The number of nitrogen functional groups attached to an aromatic ring is 1. The van der Waals surface area contributed by atoms with Crippen molar-refractivity contribution in [3.05, 3.63) is 16.4 Å². The van der Waals surface area contributed by atoms with Crippen molar-refractivity contribution in [2.75, 3.05) is 5.73 Å². The summed E-state index contributed by atoms with van der Waals surface area (Å²) >= 11 is 10.8. The monoisotopic (exact) mass is 246 g/mol. The minimum Gasteiger partial charge on any atom is -0.402 e. The standard InChI is InChI=1S/C6H3Cl2F3N2O/c7-3-2(14-6(9,10)11)1-13-5(8)4(3)12/h1H,12H2. The van der Waals surface area contributed by atoms with Crippen LogP contribution in [0.1, 0.15) is 0 Å². The molecule has 0 aliphatic carbocycles. The number of ether oxygens (including phenoxy) is 1. The van der Waals surface area contributed by atoms with E-state index >= 15 is 0 Å². The highest BCUT2D eigenvalue weighted by Gasteiger charge is 2.32. The van der Waals surface area contributed by atoms with Crippen molar-refractivity contribution in [3.63, 3.8) is 0 Å². The normalized spacial score (nSPS) is 11.5. The molecule has 8 heteroatoms. The number of aromatic nitrogens is 1. The number of anilines is 1. The third-order valence-electron chi connectivity index (χ3n) is 1.20. The predicted molar refractivity (Wildman–Crippen MR) is 45.4 cm³/mol. The van der Waals surface area contributed by atoms with Crippen molar-refractivity contribution in [1.29, 1.82) is 0 Å². The Hall–Kier alpha value is -0.880. The van der Waals surface area contributed by atoms with Crippen molar-refractivity contribution in [2.24, 2.45) is 0 Å². The van der Waals surface area contributed by atoms with Gasteiger partial charge in [0.15, 0.2) is 10.9 Å². The van der Waals surface area contributed by atoms with E-state index in [1.54, 1.807) is 0 Å². The van der Waals surface area contributed by atoms with E-state index in [0.29, 0.717) is 0 Å². The Morgan fingerprint density at radius 1 is 1.36 bits per heavy atom. The van der Waals surface area contributed by atoms with Gasteiger partial charge in [0.25, 0.3) is 0 Å². The van der Waals surface area contributed by atoms with Gasteiger partial charge >= 0.3 is 6.36 Å². The molecule has 0 saturated carbocycles. The van der Waals surface area contributed by atoms with Crippen LogP contribution in [0.2, 0.25) is 10.2 Å². The van der Waals surface area contributed by atoms with Crippen LogP contribution in [-0.2, 0) is 0 Å². The van der Waals surface area contributed by atoms with Crippen LogP contribution in [0.15, 0.2) is 6.20 Å². The van der Waals surface area contributed by atoms with Crippen molar-refractivity contribution in [3.8, 4) is 5.75 Å². The van der Waals surface area contributed by atoms with Gasteiger partial charge in [0, 0.05) is 0 Å². The van der Waals surface area contributed by atoms with Gasteiger partial charge in [-0.15, -0.1) is 13.2 Å². The number of nitrogens with zero attached hydrogens (tertiary/aromatic N) is 1. The minimum absolute atomic E-state index is 0.176. The Balaban J connectivity index is 3.06. The van der Waals surface area contributed by atoms with E-state index in [-0.39, 0.29) is 10.8 Å². The quantitative estimate of drug-likeness (QED) is 0.776. The second-order valence-electron chi connectivity index (χ2n) is 2.19. The number of hydrogen-bond acceptors (Lipinski definition) is 3. The summed E-state index contributed by atoms with van der Waals surface area (Å²) in [4.78, 5) is 3.35. The maximum Gasteiger partial charge on any atom is 0.573 e. The van der Waals surface area contributed by atoms with Crippen LogP contribution in [0, 0.1) is 0 Å². The zero-order valence-corrected chi connectivity index (χ0v) is 7.91. The molecule has 0 aliphatic rings. The summed E-state index contributed by atoms with van der Waals surface area (Å²) in [5, 5.41) is -0.591. The topological polar surface area (TPSA) is 48.1 Å². The number of pyridine rings is 1. The lowest BCUT2D eigenvalue weighted by Crippen LogP contribution is -2.17. The number of alkyl halides is 3. The van der Waals surface area contributed by atoms with Gasteiger partial charge in [-0.1, -0.05) is 23.2 Å². The predicted octanol–water partition coefficient (Wildman–Crippen LogP) is 2.87. The van der Waals surface area contributed by atoms with Crippen LogP contribution in [0.25, 0.3) is 0 Å². The largest absolute Gasteiger partial charge is 0.573 e. The number of nitrogens with two attached hydrogens (primary N) is 1. The molecular formula is C6H3Cl2F3N2O. The summed E-state index contributed by atoms with van der Waals surface area (Å²) in [6.07, 6.45) is -4.10. The molecular weight excluding hydrogens is 244 g/mol. The van der Waals surface area contributed by atoms with E-state index in [1.165, 1.54) is 0 Å². The average Bonchev–Trinajstić information content (AvgIpc) is 2.04. The van der Waals surface area contributed by atoms with E-state index in [9.17, 15) is 13.2 Å². The van der Waals surface area contributed by atoms with Gasteiger partial charge in [-0.25, -0.2) is 4.98 Å². The lowest BCUT2D eigenvalue weighted by atomic mass is 10.4. The number of rotatable bonds is 1. The molecule has 0 aliphatic heterocycles. The van der Waals surface area contributed by atoms with Gasteiger partial charge < -0.3 is 10.5 Å². The average molecular weight is 247 g/mol. The molecule has 0 aromatic carbocycles. The Bertz CT molecular complexity index is 356. The zero-order valence-electron chi connectivity index (χ0n) is 6.40. The smallest absolute Gasteiger partial charge is 0.402 e. The van der Waals surface area contributed by atoms with Gasteiger partial charge in [-0.2, -0.15) is 0 Å². The summed E-state index contributed by atoms with van der Waals surface area (Å²) < 4.78 is 38.8. The molecule has 0 radical (unpaired) electrons. The molecule has 0 spiro atoms. The summed E-state index contributed by atoms with van der Waals surface area (Å²) in [7, 11) is 0. The zero-order chi connectivity index (χ0) is 10.9. The first kappa shape index (κ1) is 11.2. The molecule has 1 aromatic rings. The third-order valence-corrected chi connectivity index (χ3v) is 1.89. The molecule has 0 unspecified atom stereocenters. The fourth-order valence-electron chi connectivity index (χ4n) is 0.661. The third kappa shape index (κ3) is 2.55. The molecule has 14 heavy (non-hydrogen) atoms. The van der Waals surface area contributed by atoms with Gasteiger partial charge in [0.2, 0.25) is 0 Å². The van der Waals surface area contributed by atoms with Crippen molar-refractivity contribution in [1.82, 2.24) is 4.98 Å². The summed E-state index contributed by atoms with van der Waals surface area (Å²) in [6, 6.07) is 0. The van der Waals surface area contributed by atoms with Crippen LogP contribution in [0.4, 0.5) is 18.9 Å². The highest BCUT2D eigenvalue weighted by atomic mass is 35.5. The highest BCUT2D eigenvalue weighted by Crippen LogP contribution is 2.36. The molecule has 2 N–H and O–H groups in total. The first-order valence-electron chi connectivity index (χ1n) is 3.16. The van der Waals surface area contributed by atoms with Crippen LogP contribution >= 0.6 is 23.2 Å². The summed E-state index contributed by atoms with van der Waals surface area (Å²) in [6.45, 7) is 0. The molecule has 0 atom stereocenters. The summed E-state index contributed by atoms with van der Waals surface area (Å²) in [5.41, 5.74) is 4.97. The van der Waals surface area contributed by atoms with E-state index < -0.39 is 17.1 Å². The Morgan fingerprint density at radius 3 is 2.43 bits per heavy atom. The van der Waals surface area contributed by atoms with Crippen molar-refractivity contribution >= 4 is 28.9 Å². The van der Waals surface area contributed by atoms with Crippen molar-refractivity contribution in [2.45, 2.75) is 6.36 Å². The molecule has 1 heterocycles. The lowest BCUT2D eigenvalue weighted by molar-refractivity contribution is -0.274. The Labute approximate surface area is 86.6 Å². The molecule has 0 amide bonds. The van der Waals surface area contributed by atoms with Gasteiger partial charge in [-0.3, -0.25) is 0 Å². The molecule has 3 nitrogen and oxygen atoms in total. The second-order valence-corrected chi connectivity index (χ2v) is 2.92. The molecule has 0 fully saturated rings. The van der Waals surface area contributed by atoms with Gasteiger partial charge in [-0.05, 0) is 0 Å². The van der Waals surface area contributed by atoms with E-state index in [1.807, 2.05) is 0 Å². The molecule has 1 aromatic heterocycles. The van der Waals surface area contributed by atoms with Crippen LogP contribution < -0.4 is 10.5 Å². The second kappa shape index (κ2) is 3.70. The fraction of sp³-hybridized carbons (Fsp3) is 0.167.